The molecule has 0 radical (unpaired) electrons. The molecule has 0 aliphatic heterocycles. The maximum atomic E-state index is 6.31. The van der Waals surface area contributed by atoms with Crippen LogP contribution in [-0.2, 0) is 0 Å². The van der Waals surface area contributed by atoms with Crippen LogP contribution in [0.3, 0.4) is 0 Å². The van der Waals surface area contributed by atoms with Crippen LogP contribution in [0.1, 0.15) is 0 Å². The molecule has 196 valence electrons. The molecule has 9 rings (SSSR count). The van der Waals surface area contributed by atoms with Crippen molar-refractivity contribution in [3.63, 3.8) is 0 Å². The molecule has 0 saturated heterocycles. The van der Waals surface area contributed by atoms with E-state index < -0.39 is 0 Å². The predicted molar refractivity (Wildman–Crippen MR) is 172 cm³/mol. The molecule has 42 heavy (non-hydrogen) atoms. The van der Waals surface area contributed by atoms with Crippen molar-refractivity contribution in [1.82, 2.24) is 14.5 Å². The van der Waals surface area contributed by atoms with Gasteiger partial charge in [-0.25, -0.2) is 9.97 Å². The Bertz CT molecular complexity index is 2470. The first kappa shape index (κ1) is 23.0. The smallest absolute Gasteiger partial charge is 0.180 e. The molecule has 0 N–H and O–H groups in total. The molecule has 0 fully saturated rings. The number of aromatic nitrogens is 3. The molecule has 0 aliphatic rings. The number of furan rings is 1. The Hall–Kier alpha value is -5.74. The van der Waals surface area contributed by atoms with Gasteiger partial charge in [-0.3, -0.25) is 0 Å². The highest BCUT2D eigenvalue weighted by Crippen LogP contribution is 2.38. The van der Waals surface area contributed by atoms with Crippen LogP contribution in [0.15, 0.2) is 144 Å². The van der Waals surface area contributed by atoms with Crippen molar-refractivity contribution in [2.45, 2.75) is 0 Å². The van der Waals surface area contributed by atoms with E-state index in [9.17, 15) is 0 Å². The van der Waals surface area contributed by atoms with Gasteiger partial charge in [0.05, 0.1) is 11.0 Å². The van der Waals surface area contributed by atoms with Gasteiger partial charge in [0, 0.05) is 33.0 Å². The third-order valence-electron chi connectivity index (χ3n) is 8.19. The Morgan fingerprint density at radius 2 is 1.26 bits per heavy atom. The lowest BCUT2D eigenvalue weighted by molar-refractivity contribution is 0.667. The molecule has 6 aromatic carbocycles. The summed E-state index contributed by atoms with van der Waals surface area (Å²) in [5, 5.41) is 5.99. The minimum atomic E-state index is 0.668. The lowest BCUT2D eigenvalue weighted by Crippen LogP contribution is -1.97. The summed E-state index contributed by atoms with van der Waals surface area (Å²) in [7, 11) is 0. The Morgan fingerprint density at radius 3 is 2.17 bits per heavy atom. The molecule has 0 bridgehead atoms. The summed E-state index contributed by atoms with van der Waals surface area (Å²) in [5.41, 5.74) is 8.48. The number of hydrogen-bond acceptors (Lipinski definition) is 3. The number of rotatable bonds is 3. The monoisotopic (exact) mass is 537 g/mol. The SMILES string of the molecule is c1ccc(-c2nc(-c3cccc(-n4c5ccccc5c5c6ccccc6ccc54)c3)nc3c2oc2ccccc23)cc1. The van der Waals surface area contributed by atoms with E-state index in [0.717, 1.165) is 39.0 Å². The summed E-state index contributed by atoms with van der Waals surface area (Å²) in [6, 6.07) is 48.5. The van der Waals surface area contributed by atoms with E-state index in [2.05, 4.69) is 108 Å². The summed E-state index contributed by atoms with van der Waals surface area (Å²) in [6.07, 6.45) is 0. The number of nitrogens with zero attached hydrogens (tertiary/aromatic N) is 3. The van der Waals surface area contributed by atoms with Gasteiger partial charge in [0.2, 0.25) is 0 Å². The second kappa shape index (κ2) is 8.88. The molecule has 0 atom stereocenters. The van der Waals surface area contributed by atoms with Crippen molar-refractivity contribution in [3.05, 3.63) is 140 Å². The lowest BCUT2D eigenvalue weighted by atomic mass is 10.0. The van der Waals surface area contributed by atoms with E-state index >= 15 is 0 Å². The van der Waals surface area contributed by atoms with Crippen molar-refractivity contribution in [1.29, 1.82) is 0 Å². The summed E-state index contributed by atoms with van der Waals surface area (Å²) < 4.78 is 8.67. The standard InChI is InChI=1S/C38H23N3O/c1-2-12-25(13-3-1)35-37-36(30-18-7-9-20-33(30)42-37)40-38(39-35)26-14-10-15-27(23-26)41-31-19-8-6-17-29(31)34-28-16-5-4-11-24(28)21-22-32(34)41/h1-23H. The van der Waals surface area contributed by atoms with Crippen LogP contribution < -0.4 is 0 Å². The van der Waals surface area contributed by atoms with Crippen molar-refractivity contribution in [2.75, 3.05) is 0 Å². The highest BCUT2D eigenvalue weighted by Gasteiger charge is 2.19. The van der Waals surface area contributed by atoms with Crippen molar-refractivity contribution >= 4 is 54.6 Å². The van der Waals surface area contributed by atoms with Crippen molar-refractivity contribution < 1.29 is 4.42 Å². The lowest BCUT2D eigenvalue weighted by Gasteiger charge is -2.11. The van der Waals surface area contributed by atoms with E-state index in [0.29, 0.717) is 11.4 Å². The Balaban J connectivity index is 1.31. The van der Waals surface area contributed by atoms with Gasteiger partial charge in [0.15, 0.2) is 11.4 Å². The van der Waals surface area contributed by atoms with Crippen LogP contribution in [-0.4, -0.2) is 14.5 Å². The van der Waals surface area contributed by atoms with Gasteiger partial charge in [-0.2, -0.15) is 0 Å². The average Bonchev–Trinajstić information content (AvgIpc) is 3.61. The largest absolute Gasteiger partial charge is 0.452 e. The van der Waals surface area contributed by atoms with Crippen LogP contribution in [0.5, 0.6) is 0 Å². The summed E-state index contributed by atoms with van der Waals surface area (Å²) in [4.78, 5) is 10.2. The molecule has 9 aromatic rings. The maximum absolute atomic E-state index is 6.31. The number of para-hydroxylation sites is 2. The van der Waals surface area contributed by atoms with E-state index in [1.54, 1.807) is 0 Å². The van der Waals surface area contributed by atoms with E-state index in [1.165, 1.54) is 32.6 Å². The van der Waals surface area contributed by atoms with Crippen LogP contribution in [0.4, 0.5) is 0 Å². The molecule has 0 aliphatic carbocycles. The van der Waals surface area contributed by atoms with Gasteiger partial charge >= 0.3 is 0 Å². The Labute approximate surface area is 241 Å². The summed E-state index contributed by atoms with van der Waals surface area (Å²) in [5.74, 6) is 0.668. The van der Waals surface area contributed by atoms with E-state index in [4.69, 9.17) is 14.4 Å². The van der Waals surface area contributed by atoms with E-state index in [1.807, 2.05) is 36.4 Å². The van der Waals surface area contributed by atoms with Gasteiger partial charge in [0.25, 0.3) is 0 Å². The van der Waals surface area contributed by atoms with Gasteiger partial charge in [-0.1, -0.05) is 103 Å². The molecule has 4 nitrogen and oxygen atoms in total. The first-order chi connectivity index (χ1) is 20.8. The average molecular weight is 538 g/mol. The van der Waals surface area contributed by atoms with Gasteiger partial charge in [-0.15, -0.1) is 0 Å². The summed E-state index contributed by atoms with van der Waals surface area (Å²) in [6.45, 7) is 0. The molecule has 3 heterocycles. The van der Waals surface area contributed by atoms with Gasteiger partial charge in [0.1, 0.15) is 16.8 Å². The zero-order valence-corrected chi connectivity index (χ0v) is 22.5. The first-order valence-corrected chi connectivity index (χ1v) is 14.1. The van der Waals surface area contributed by atoms with Crippen molar-refractivity contribution in [2.24, 2.45) is 0 Å². The van der Waals surface area contributed by atoms with Gasteiger partial charge in [-0.05, 0) is 47.2 Å². The fraction of sp³-hybridized carbons (Fsp3) is 0. The van der Waals surface area contributed by atoms with Crippen LogP contribution in [0, 0.1) is 0 Å². The molecule has 3 aromatic heterocycles. The third kappa shape index (κ3) is 3.36. The number of hydrogen-bond donors (Lipinski definition) is 0. The third-order valence-corrected chi connectivity index (χ3v) is 8.19. The fourth-order valence-corrected chi connectivity index (χ4v) is 6.31. The molecule has 0 unspecified atom stereocenters. The zero-order valence-electron chi connectivity index (χ0n) is 22.5. The minimum absolute atomic E-state index is 0.668. The van der Waals surface area contributed by atoms with Gasteiger partial charge < -0.3 is 8.98 Å². The number of benzene rings is 6. The second-order valence-corrected chi connectivity index (χ2v) is 10.6. The van der Waals surface area contributed by atoms with Crippen LogP contribution >= 0.6 is 0 Å². The summed E-state index contributed by atoms with van der Waals surface area (Å²) >= 11 is 0. The molecular formula is C38H23N3O. The highest BCUT2D eigenvalue weighted by atomic mass is 16.3. The maximum Gasteiger partial charge on any atom is 0.180 e. The predicted octanol–water partition coefficient (Wildman–Crippen LogP) is 9.96. The minimum Gasteiger partial charge on any atom is -0.452 e. The Morgan fingerprint density at radius 1 is 0.524 bits per heavy atom. The molecule has 0 spiro atoms. The van der Waals surface area contributed by atoms with E-state index in [-0.39, 0.29) is 0 Å². The zero-order chi connectivity index (χ0) is 27.6. The second-order valence-electron chi connectivity index (χ2n) is 10.6. The fourth-order valence-electron chi connectivity index (χ4n) is 6.31. The van der Waals surface area contributed by atoms with Crippen LogP contribution in [0.25, 0.3) is 83.0 Å². The Kier molecular flexibility index (Phi) is 4.87. The first-order valence-electron chi connectivity index (χ1n) is 14.1. The molecular weight excluding hydrogens is 514 g/mol. The quantitative estimate of drug-likeness (QED) is 0.225. The highest BCUT2D eigenvalue weighted by molar-refractivity contribution is 6.21. The molecule has 4 heteroatoms. The van der Waals surface area contributed by atoms with Crippen LogP contribution in [0.2, 0.25) is 0 Å². The van der Waals surface area contributed by atoms with Crippen molar-refractivity contribution in [3.8, 4) is 28.3 Å². The molecule has 0 saturated carbocycles. The molecule has 0 amide bonds. The normalized spacial score (nSPS) is 11.8. The topological polar surface area (TPSA) is 43.9 Å². The number of fused-ring (bicyclic) bond motifs is 8.